The highest BCUT2D eigenvalue weighted by Gasteiger charge is 2.43. The van der Waals surface area contributed by atoms with Crippen LogP contribution in [0.2, 0.25) is 0 Å². The number of carbonyl (C=O) groups excluding carboxylic acids is 2. The van der Waals surface area contributed by atoms with Crippen LogP contribution < -0.4 is 10.6 Å². The topological polar surface area (TPSA) is 121 Å². The van der Waals surface area contributed by atoms with E-state index in [0.717, 1.165) is 0 Å². The fourth-order valence-electron chi connectivity index (χ4n) is 2.26. The summed E-state index contributed by atoms with van der Waals surface area (Å²) in [5.41, 5.74) is 0. The number of hydrogen-bond acceptors (Lipinski definition) is 6. The molecule has 124 valence electrons. The van der Waals surface area contributed by atoms with Crippen LogP contribution in [0.25, 0.3) is 0 Å². The Bertz CT molecular complexity index is 579. The molecule has 0 aliphatic carbocycles. The Morgan fingerprint density at radius 2 is 2.00 bits per heavy atom. The summed E-state index contributed by atoms with van der Waals surface area (Å²) in [4.78, 5) is 23.3. The molecule has 2 heterocycles. The summed E-state index contributed by atoms with van der Waals surface area (Å²) >= 11 is 0. The number of aliphatic hydroxyl groups is 2. The first-order chi connectivity index (χ1) is 11.0. The normalized spacial score (nSPS) is 26.5. The van der Waals surface area contributed by atoms with Gasteiger partial charge in [0.2, 0.25) is 5.91 Å². The fraction of sp³-hybridized carbons (Fsp3) is 0.467. The number of ether oxygens (including phenoxy) is 1. The van der Waals surface area contributed by atoms with Crippen molar-refractivity contribution in [2.24, 2.45) is 0 Å². The zero-order chi connectivity index (χ0) is 16.8. The van der Waals surface area contributed by atoms with Crippen LogP contribution in [0.15, 0.2) is 22.8 Å². The number of amides is 2. The Morgan fingerprint density at radius 1 is 1.26 bits per heavy atom. The lowest BCUT2D eigenvalue weighted by Crippen LogP contribution is -2.40. The van der Waals surface area contributed by atoms with Crippen molar-refractivity contribution >= 4 is 11.8 Å². The van der Waals surface area contributed by atoms with E-state index in [0.29, 0.717) is 0 Å². The van der Waals surface area contributed by atoms with Crippen molar-refractivity contribution in [1.29, 1.82) is 0 Å². The lowest BCUT2D eigenvalue weighted by Gasteiger charge is -2.14. The molecular formula is C15H18N2O6. The average Bonchev–Trinajstić information content (AvgIpc) is 3.15. The number of furan rings is 1. The number of terminal acetylenes is 1. The Labute approximate surface area is 132 Å². The molecule has 23 heavy (non-hydrogen) atoms. The summed E-state index contributed by atoms with van der Waals surface area (Å²) in [6.45, 7) is 0.0487. The summed E-state index contributed by atoms with van der Waals surface area (Å²) in [6, 6.07) is 3.07. The molecule has 0 spiro atoms. The first-order valence-corrected chi connectivity index (χ1v) is 7.06. The second-order valence-corrected chi connectivity index (χ2v) is 5.07. The molecule has 2 rings (SSSR count). The summed E-state index contributed by atoms with van der Waals surface area (Å²) in [6.07, 6.45) is 2.13. The standard InChI is InChI=1S/C15H18N2O6/c1-2-5-16-12(18)7-10-13(19)14(20)11(23-10)8-17-15(21)9-4-3-6-22-9/h1,3-4,6,10-11,13-14,19-20H,5,7-8H2,(H,16,18)(H,17,21). The maximum absolute atomic E-state index is 11.7. The monoisotopic (exact) mass is 322 g/mol. The van der Waals surface area contributed by atoms with Crippen LogP contribution in [-0.2, 0) is 9.53 Å². The third-order valence-corrected chi connectivity index (χ3v) is 3.44. The Morgan fingerprint density at radius 3 is 2.65 bits per heavy atom. The molecule has 4 atom stereocenters. The van der Waals surface area contributed by atoms with Crippen molar-refractivity contribution in [3.05, 3.63) is 24.2 Å². The minimum Gasteiger partial charge on any atom is -0.459 e. The Hall–Kier alpha value is -2.34. The van der Waals surface area contributed by atoms with E-state index >= 15 is 0 Å². The molecule has 4 N–H and O–H groups in total. The largest absolute Gasteiger partial charge is 0.459 e. The average molecular weight is 322 g/mol. The summed E-state index contributed by atoms with van der Waals surface area (Å²) in [5.74, 6) is 1.53. The molecule has 8 nitrogen and oxygen atoms in total. The van der Waals surface area contributed by atoms with Crippen molar-refractivity contribution in [2.75, 3.05) is 13.1 Å². The van der Waals surface area contributed by atoms with E-state index in [2.05, 4.69) is 16.6 Å². The molecule has 1 aliphatic heterocycles. The highest BCUT2D eigenvalue weighted by atomic mass is 16.5. The van der Waals surface area contributed by atoms with E-state index in [4.69, 9.17) is 15.6 Å². The molecule has 0 radical (unpaired) electrons. The van der Waals surface area contributed by atoms with Gasteiger partial charge in [0.25, 0.3) is 5.91 Å². The molecule has 1 saturated heterocycles. The minimum atomic E-state index is -1.22. The van der Waals surface area contributed by atoms with Crippen LogP contribution in [0, 0.1) is 12.3 Å². The highest BCUT2D eigenvalue weighted by molar-refractivity contribution is 5.91. The quantitative estimate of drug-likeness (QED) is 0.480. The van der Waals surface area contributed by atoms with Gasteiger partial charge in [-0.25, -0.2) is 0 Å². The van der Waals surface area contributed by atoms with Gasteiger partial charge in [-0.05, 0) is 12.1 Å². The number of hydrogen-bond donors (Lipinski definition) is 4. The van der Waals surface area contributed by atoms with Crippen molar-refractivity contribution < 1.29 is 29.0 Å². The van der Waals surface area contributed by atoms with Gasteiger partial charge in [-0.2, -0.15) is 0 Å². The van der Waals surface area contributed by atoms with E-state index in [1.807, 2.05) is 0 Å². The second-order valence-electron chi connectivity index (χ2n) is 5.07. The first-order valence-electron chi connectivity index (χ1n) is 7.06. The van der Waals surface area contributed by atoms with Crippen molar-refractivity contribution in [3.63, 3.8) is 0 Å². The van der Waals surface area contributed by atoms with Gasteiger partial charge in [-0.1, -0.05) is 5.92 Å². The maximum atomic E-state index is 11.7. The Kier molecular flexibility index (Phi) is 5.76. The van der Waals surface area contributed by atoms with Gasteiger partial charge in [0, 0.05) is 6.54 Å². The van der Waals surface area contributed by atoms with Crippen molar-refractivity contribution in [2.45, 2.75) is 30.8 Å². The third kappa shape index (κ3) is 4.32. The molecule has 1 aliphatic rings. The molecule has 1 aromatic rings. The van der Waals surface area contributed by atoms with Crippen molar-refractivity contribution in [3.8, 4) is 12.3 Å². The molecule has 0 aromatic carbocycles. The predicted octanol–water partition coefficient (Wildman–Crippen LogP) is -1.36. The van der Waals surface area contributed by atoms with Gasteiger partial charge in [-0.3, -0.25) is 9.59 Å². The molecule has 2 amide bonds. The van der Waals surface area contributed by atoms with Gasteiger partial charge in [0.15, 0.2) is 5.76 Å². The van der Waals surface area contributed by atoms with Crippen LogP contribution in [-0.4, -0.2) is 59.5 Å². The molecular weight excluding hydrogens is 304 g/mol. The third-order valence-electron chi connectivity index (χ3n) is 3.44. The van der Waals surface area contributed by atoms with E-state index in [9.17, 15) is 19.8 Å². The van der Waals surface area contributed by atoms with Crippen LogP contribution in [0.4, 0.5) is 0 Å². The molecule has 8 heteroatoms. The Balaban J connectivity index is 1.83. The SMILES string of the molecule is C#CCNC(=O)CC1OC(CNC(=O)c2ccco2)C(O)C1O. The van der Waals surface area contributed by atoms with Crippen LogP contribution in [0.1, 0.15) is 17.0 Å². The maximum Gasteiger partial charge on any atom is 0.287 e. The zero-order valence-electron chi connectivity index (χ0n) is 12.3. The van der Waals surface area contributed by atoms with E-state index < -0.39 is 30.3 Å². The molecule has 0 saturated carbocycles. The lowest BCUT2D eigenvalue weighted by molar-refractivity contribution is -0.124. The van der Waals surface area contributed by atoms with Gasteiger partial charge in [-0.15, -0.1) is 6.42 Å². The van der Waals surface area contributed by atoms with Gasteiger partial charge in [0.1, 0.15) is 18.3 Å². The van der Waals surface area contributed by atoms with Crippen molar-refractivity contribution in [1.82, 2.24) is 10.6 Å². The lowest BCUT2D eigenvalue weighted by atomic mass is 10.1. The zero-order valence-corrected chi connectivity index (χ0v) is 12.3. The van der Waals surface area contributed by atoms with Gasteiger partial charge < -0.3 is 30.0 Å². The summed E-state index contributed by atoms with van der Waals surface area (Å²) in [5, 5.41) is 24.8. The number of carbonyl (C=O) groups is 2. The first kappa shape index (κ1) is 17.0. The van der Waals surface area contributed by atoms with Gasteiger partial charge >= 0.3 is 0 Å². The van der Waals surface area contributed by atoms with E-state index in [1.54, 1.807) is 6.07 Å². The minimum absolute atomic E-state index is 0.0275. The number of nitrogens with one attached hydrogen (secondary N) is 2. The second kappa shape index (κ2) is 7.78. The smallest absolute Gasteiger partial charge is 0.287 e. The number of rotatable bonds is 6. The van der Waals surface area contributed by atoms with E-state index in [-0.39, 0.29) is 31.2 Å². The van der Waals surface area contributed by atoms with Crippen LogP contribution >= 0.6 is 0 Å². The van der Waals surface area contributed by atoms with E-state index in [1.165, 1.54) is 12.3 Å². The molecule has 1 fully saturated rings. The van der Waals surface area contributed by atoms with Gasteiger partial charge in [0.05, 0.1) is 25.3 Å². The van der Waals surface area contributed by atoms with Crippen LogP contribution in [0.3, 0.4) is 0 Å². The fourth-order valence-corrected chi connectivity index (χ4v) is 2.26. The predicted molar refractivity (Wildman–Crippen MR) is 78.2 cm³/mol. The molecule has 4 unspecified atom stereocenters. The molecule has 1 aromatic heterocycles. The van der Waals surface area contributed by atoms with Crippen LogP contribution in [0.5, 0.6) is 0 Å². The molecule has 0 bridgehead atoms. The summed E-state index contributed by atoms with van der Waals surface area (Å²) in [7, 11) is 0. The highest BCUT2D eigenvalue weighted by Crippen LogP contribution is 2.23. The number of aliphatic hydroxyl groups excluding tert-OH is 2. The summed E-state index contributed by atoms with van der Waals surface area (Å²) < 4.78 is 10.4.